The minimum atomic E-state index is -4.37. The Hall–Kier alpha value is -3.22. The van der Waals surface area contributed by atoms with Gasteiger partial charge in [0, 0.05) is 31.9 Å². The van der Waals surface area contributed by atoms with Crippen LogP contribution in [0.15, 0.2) is 66.7 Å². The molecular weight excluding hydrogens is 417 g/mol. The van der Waals surface area contributed by atoms with E-state index < -0.39 is 17.8 Å². The molecule has 0 N–H and O–H groups in total. The first-order valence-corrected chi connectivity index (χ1v) is 10.7. The van der Waals surface area contributed by atoms with Gasteiger partial charge >= 0.3 is 6.18 Å². The van der Waals surface area contributed by atoms with Crippen LogP contribution in [0.25, 0.3) is 10.8 Å². The Bertz CT molecular complexity index is 1090. The molecule has 1 aliphatic rings. The lowest BCUT2D eigenvalue weighted by molar-refractivity contribution is -0.139. The molecule has 1 atom stereocenters. The number of halogens is 3. The van der Waals surface area contributed by atoms with Gasteiger partial charge in [0.05, 0.1) is 5.56 Å². The van der Waals surface area contributed by atoms with Gasteiger partial charge in [0.25, 0.3) is 5.91 Å². The average Bonchev–Trinajstić information content (AvgIpc) is 2.81. The van der Waals surface area contributed by atoms with Gasteiger partial charge in [0.15, 0.2) is 6.10 Å². The monoisotopic (exact) mass is 442 g/mol. The van der Waals surface area contributed by atoms with Crippen molar-refractivity contribution >= 4 is 22.4 Å². The van der Waals surface area contributed by atoms with Crippen LogP contribution in [0.1, 0.15) is 18.9 Å². The standard InChI is InChI=1S/C25H25F3N2O2/c1-2-23(32-22-11-10-18-6-3-4-7-19(18)16-22)24(31)30-14-12-29(13-15-30)21-9-5-8-20(17-21)25(26,27)28/h3-11,16-17,23H,2,12-15H2,1H3/t23-/m0/s1. The number of alkyl halides is 3. The number of amides is 1. The topological polar surface area (TPSA) is 32.8 Å². The summed E-state index contributed by atoms with van der Waals surface area (Å²) in [6.45, 7) is 3.72. The van der Waals surface area contributed by atoms with E-state index in [1.54, 1.807) is 11.0 Å². The zero-order valence-corrected chi connectivity index (χ0v) is 17.8. The number of piperazine rings is 1. The number of carbonyl (C=O) groups excluding carboxylic acids is 1. The van der Waals surface area contributed by atoms with E-state index in [1.165, 1.54) is 6.07 Å². The second-order valence-corrected chi connectivity index (χ2v) is 7.88. The van der Waals surface area contributed by atoms with Crippen LogP contribution in [0.2, 0.25) is 0 Å². The second kappa shape index (κ2) is 9.10. The summed E-state index contributed by atoms with van der Waals surface area (Å²) in [4.78, 5) is 16.7. The Morgan fingerprint density at radius 1 is 0.938 bits per heavy atom. The van der Waals surface area contributed by atoms with Crippen molar-refractivity contribution in [2.75, 3.05) is 31.1 Å². The zero-order valence-electron chi connectivity index (χ0n) is 17.8. The minimum Gasteiger partial charge on any atom is -0.481 e. The van der Waals surface area contributed by atoms with Gasteiger partial charge in [-0.25, -0.2) is 0 Å². The van der Waals surface area contributed by atoms with Gasteiger partial charge in [0.2, 0.25) is 0 Å². The normalized spacial score (nSPS) is 15.6. The highest BCUT2D eigenvalue weighted by atomic mass is 19.4. The number of ether oxygens (including phenoxy) is 1. The lowest BCUT2D eigenvalue weighted by atomic mass is 10.1. The van der Waals surface area contributed by atoms with Crippen LogP contribution < -0.4 is 9.64 Å². The van der Waals surface area contributed by atoms with Crippen molar-refractivity contribution in [1.29, 1.82) is 0 Å². The SMILES string of the molecule is CC[C@H](Oc1ccc2ccccc2c1)C(=O)N1CCN(c2cccc(C(F)(F)F)c2)CC1. The Labute approximate surface area is 185 Å². The summed E-state index contributed by atoms with van der Waals surface area (Å²) < 4.78 is 45.1. The molecule has 1 saturated heterocycles. The van der Waals surface area contributed by atoms with E-state index in [-0.39, 0.29) is 5.91 Å². The van der Waals surface area contributed by atoms with Crippen LogP contribution in [0.5, 0.6) is 5.75 Å². The Kier molecular flexibility index (Phi) is 6.26. The fraction of sp³-hybridized carbons (Fsp3) is 0.320. The Balaban J connectivity index is 1.39. The van der Waals surface area contributed by atoms with Crippen molar-refractivity contribution in [3.63, 3.8) is 0 Å². The van der Waals surface area contributed by atoms with Crippen LogP contribution in [0.4, 0.5) is 18.9 Å². The molecule has 4 rings (SSSR count). The van der Waals surface area contributed by atoms with Gasteiger partial charge in [-0.05, 0) is 47.5 Å². The summed E-state index contributed by atoms with van der Waals surface area (Å²) in [5.74, 6) is 0.552. The molecule has 168 valence electrons. The highest BCUT2D eigenvalue weighted by Crippen LogP contribution is 2.32. The van der Waals surface area contributed by atoms with E-state index in [0.29, 0.717) is 44.0 Å². The van der Waals surface area contributed by atoms with Gasteiger partial charge in [-0.3, -0.25) is 4.79 Å². The highest BCUT2D eigenvalue weighted by Gasteiger charge is 2.32. The molecule has 4 nitrogen and oxygen atoms in total. The number of benzene rings is 3. The number of hydrogen-bond acceptors (Lipinski definition) is 3. The molecule has 1 amide bonds. The largest absolute Gasteiger partial charge is 0.481 e. The molecule has 0 saturated carbocycles. The lowest BCUT2D eigenvalue weighted by Gasteiger charge is -2.37. The number of nitrogens with zero attached hydrogens (tertiary/aromatic N) is 2. The van der Waals surface area contributed by atoms with Crippen molar-refractivity contribution in [1.82, 2.24) is 4.90 Å². The molecule has 1 heterocycles. The summed E-state index contributed by atoms with van der Waals surface area (Å²) in [5.41, 5.74) is -0.144. The summed E-state index contributed by atoms with van der Waals surface area (Å²) in [6.07, 6.45) is -4.45. The van der Waals surface area contributed by atoms with Crippen LogP contribution in [0.3, 0.4) is 0 Å². The number of fused-ring (bicyclic) bond motifs is 1. The van der Waals surface area contributed by atoms with Gasteiger partial charge in [-0.2, -0.15) is 13.2 Å². The molecule has 3 aromatic carbocycles. The van der Waals surface area contributed by atoms with Gasteiger partial charge in [-0.15, -0.1) is 0 Å². The molecule has 0 radical (unpaired) electrons. The first-order valence-electron chi connectivity index (χ1n) is 10.7. The van der Waals surface area contributed by atoms with E-state index in [0.717, 1.165) is 22.9 Å². The summed E-state index contributed by atoms with van der Waals surface area (Å²) in [7, 11) is 0. The number of anilines is 1. The van der Waals surface area contributed by atoms with Crippen molar-refractivity contribution in [2.24, 2.45) is 0 Å². The molecule has 1 aliphatic heterocycles. The van der Waals surface area contributed by atoms with Gasteiger partial charge in [0.1, 0.15) is 5.75 Å². The minimum absolute atomic E-state index is 0.0932. The molecule has 0 aliphatic carbocycles. The quantitative estimate of drug-likeness (QED) is 0.533. The Morgan fingerprint density at radius 2 is 1.66 bits per heavy atom. The number of carbonyl (C=O) groups is 1. The van der Waals surface area contributed by atoms with E-state index in [2.05, 4.69) is 0 Å². The molecule has 0 aromatic heterocycles. The summed E-state index contributed by atoms with van der Waals surface area (Å²) >= 11 is 0. The van der Waals surface area contributed by atoms with Gasteiger partial charge in [-0.1, -0.05) is 43.3 Å². The van der Waals surface area contributed by atoms with E-state index in [4.69, 9.17) is 4.74 Å². The van der Waals surface area contributed by atoms with Crippen LogP contribution in [-0.2, 0) is 11.0 Å². The number of rotatable bonds is 5. The number of hydrogen-bond donors (Lipinski definition) is 0. The maximum Gasteiger partial charge on any atom is 0.416 e. The van der Waals surface area contributed by atoms with Crippen molar-refractivity contribution in [3.8, 4) is 5.75 Å². The average molecular weight is 442 g/mol. The fourth-order valence-electron chi connectivity index (χ4n) is 3.98. The van der Waals surface area contributed by atoms with E-state index >= 15 is 0 Å². The molecule has 7 heteroatoms. The van der Waals surface area contributed by atoms with E-state index in [9.17, 15) is 18.0 Å². The molecule has 0 unspecified atom stereocenters. The Morgan fingerprint density at radius 3 is 2.34 bits per heavy atom. The van der Waals surface area contributed by atoms with Crippen molar-refractivity contribution in [3.05, 3.63) is 72.3 Å². The van der Waals surface area contributed by atoms with Crippen LogP contribution >= 0.6 is 0 Å². The van der Waals surface area contributed by atoms with Crippen molar-refractivity contribution in [2.45, 2.75) is 25.6 Å². The van der Waals surface area contributed by atoms with E-state index in [1.807, 2.05) is 54.3 Å². The predicted octanol–water partition coefficient (Wildman–Crippen LogP) is 5.36. The fourth-order valence-corrected chi connectivity index (χ4v) is 3.98. The lowest BCUT2D eigenvalue weighted by Crippen LogP contribution is -2.52. The molecule has 3 aromatic rings. The first kappa shape index (κ1) is 22.0. The maximum atomic E-state index is 13.1. The third kappa shape index (κ3) is 4.82. The van der Waals surface area contributed by atoms with Crippen LogP contribution in [0, 0.1) is 0 Å². The highest BCUT2D eigenvalue weighted by molar-refractivity contribution is 5.84. The second-order valence-electron chi connectivity index (χ2n) is 7.88. The predicted molar refractivity (Wildman–Crippen MR) is 119 cm³/mol. The molecule has 32 heavy (non-hydrogen) atoms. The summed E-state index contributed by atoms with van der Waals surface area (Å²) in [5, 5.41) is 2.15. The van der Waals surface area contributed by atoms with Gasteiger partial charge < -0.3 is 14.5 Å². The summed E-state index contributed by atoms with van der Waals surface area (Å²) in [6, 6.07) is 19.0. The third-order valence-electron chi connectivity index (χ3n) is 5.78. The first-order chi connectivity index (χ1) is 15.3. The molecule has 0 spiro atoms. The van der Waals surface area contributed by atoms with Crippen LogP contribution in [-0.4, -0.2) is 43.1 Å². The smallest absolute Gasteiger partial charge is 0.416 e. The molecule has 0 bridgehead atoms. The third-order valence-corrected chi connectivity index (χ3v) is 5.78. The maximum absolute atomic E-state index is 13.1. The van der Waals surface area contributed by atoms with Crippen molar-refractivity contribution < 1.29 is 22.7 Å². The molecular formula is C25H25F3N2O2. The molecule has 1 fully saturated rings. The zero-order chi connectivity index (χ0) is 22.7.